The molecule has 3 rings (SSSR count). The Morgan fingerprint density at radius 2 is 2.26 bits per heavy atom. The zero-order valence-electron chi connectivity index (χ0n) is 9.89. The number of hydrogen-bond donors (Lipinski definition) is 1. The molecule has 1 aliphatic rings. The van der Waals surface area contributed by atoms with E-state index >= 15 is 0 Å². The van der Waals surface area contributed by atoms with Gasteiger partial charge in [-0.3, -0.25) is 4.57 Å². The van der Waals surface area contributed by atoms with E-state index in [2.05, 4.69) is 21.0 Å². The van der Waals surface area contributed by atoms with Gasteiger partial charge in [-0.25, -0.2) is 4.98 Å². The third-order valence-corrected chi connectivity index (χ3v) is 3.82. The van der Waals surface area contributed by atoms with Crippen LogP contribution in [0, 0.1) is 16.1 Å². The molecule has 0 aliphatic carbocycles. The van der Waals surface area contributed by atoms with Crippen LogP contribution in [0.2, 0.25) is 5.28 Å². The first kappa shape index (κ1) is 12.5. The SMILES string of the molecule is N#CC1(n2c(=S)[nH]c3cnc(Cl)nc32)CCOCC1. The molecule has 0 bridgehead atoms. The Morgan fingerprint density at radius 3 is 2.95 bits per heavy atom. The second-order valence-electron chi connectivity index (χ2n) is 4.40. The van der Waals surface area contributed by atoms with Crippen molar-refractivity contribution in [3.05, 3.63) is 16.3 Å². The first-order valence-electron chi connectivity index (χ1n) is 5.79. The fourth-order valence-electron chi connectivity index (χ4n) is 2.37. The molecule has 0 saturated carbocycles. The molecule has 98 valence electrons. The molecule has 1 aliphatic heterocycles. The average Bonchev–Trinajstić information content (AvgIpc) is 2.75. The summed E-state index contributed by atoms with van der Waals surface area (Å²) in [6.45, 7) is 1.06. The fraction of sp³-hybridized carbons (Fsp3) is 0.455. The Bertz CT molecular complexity index is 725. The average molecular weight is 296 g/mol. The zero-order chi connectivity index (χ0) is 13.5. The zero-order valence-corrected chi connectivity index (χ0v) is 11.5. The normalized spacial score (nSPS) is 18.3. The summed E-state index contributed by atoms with van der Waals surface area (Å²) < 4.78 is 7.53. The number of nitrogens with zero attached hydrogens (tertiary/aromatic N) is 4. The van der Waals surface area contributed by atoms with Gasteiger partial charge in [0.05, 0.1) is 12.3 Å². The molecule has 0 aromatic carbocycles. The molecule has 0 amide bonds. The number of fused-ring (bicyclic) bond motifs is 1. The largest absolute Gasteiger partial charge is 0.381 e. The maximum Gasteiger partial charge on any atom is 0.224 e. The fourth-order valence-corrected chi connectivity index (χ4v) is 2.87. The van der Waals surface area contributed by atoms with Crippen LogP contribution in [0.1, 0.15) is 12.8 Å². The Hall–Kier alpha value is -1.49. The molecule has 2 aromatic heterocycles. The number of nitriles is 1. The molecule has 19 heavy (non-hydrogen) atoms. The van der Waals surface area contributed by atoms with E-state index in [-0.39, 0.29) is 5.28 Å². The number of aromatic amines is 1. The third kappa shape index (κ3) is 1.92. The lowest BCUT2D eigenvalue weighted by atomic mass is 9.91. The minimum atomic E-state index is -0.731. The first-order valence-corrected chi connectivity index (χ1v) is 6.58. The van der Waals surface area contributed by atoms with Crippen molar-refractivity contribution in [1.82, 2.24) is 19.5 Å². The number of imidazole rings is 1. The molecular weight excluding hydrogens is 286 g/mol. The summed E-state index contributed by atoms with van der Waals surface area (Å²) in [6, 6.07) is 2.37. The minimum Gasteiger partial charge on any atom is -0.381 e. The highest BCUT2D eigenvalue weighted by atomic mass is 35.5. The summed E-state index contributed by atoms with van der Waals surface area (Å²) >= 11 is 11.2. The van der Waals surface area contributed by atoms with Crippen molar-refractivity contribution in [3.8, 4) is 6.07 Å². The third-order valence-electron chi connectivity index (χ3n) is 3.35. The van der Waals surface area contributed by atoms with Crippen LogP contribution in [-0.2, 0) is 10.3 Å². The van der Waals surface area contributed by atoms with E-state index in [1.165, 1.54) is 0 Å². The van der Waals surface area contributed by atoms with Gasteiger partial charge in [-0.05, 0) is 23.8 Å². The lowest BCUT2D eigenvalue weighted by Gasteiger charge is -2.32. The molecule has 1 N–H and O–H groups in total. The first-order chi connectivity index (χ1) is 9.16. The molecule has 0 atom stereocenters. The van der Waals surface area contributed by atoms with Crippen LogP contribution < -0.4 is 0 Å². The number of rotatable bonds is 1. The van der Waals surface area contributed by atoms with E-state index in [4.69, 9.17) is 28.6 Å². The van der Waals surface area contributed by atoms with Gasteiger partial charge in [0.25, 0.3) is 0 Å². The van der Waals surface area contributed by atoms with Crippen molar-refractivity contribution >= 4 is 35.0 Å². The highest BCUT2D eigenvalue weighted by molar-refractivity contribution is 7.71. The minimum absolute atomic E-state index is 0.135. The molecule has 3 heterocycles. The van der Waals surface area contributed by atoms with Gasteiger partial charge in [-0.1, -0.05) is 0 Å². The van der Waals surface area contributed by atoms with Crippen LogP contribution in [0.4, 0.5) is 0 Å². The molecule has 0 radical (unpaired) electrons. The van der Waals surface area contributed by atoms with Gasteiger partial charge in [-0.15, -0.1) is 0 Å². The van der Waals surface area contributed by atoms with Crippen molar-refractivity contribution in [2.75, 3.05) is 13.2 Å². The van der Waals surface area contributed by atoms with E-state index in [9.17, 15) is 5.26 Å². The molecule has 2 aromatic rings. The topological polar surface area (TPSA) is 79.5 Å². The van der Waals surface area contributed by atoms with Gasteiger partial charge in [0.2, 0.25) is 5.28 Å². The highest BCUT2D eigenvalue weighted by Gasteiger charge is 2.37. The predicted octanol–water partition coefficient (Wildman–Crippen LogP) is 2.17. The quantitative estimate of drug-likeness (QED) is 0.644. The molecule has 0 spiro atoms. The lowest BCUT2D eigenvalue weighted by molar-refractivity contribution is 0.0456. The van der Waals surface area contributed by atoms with Crippen molar-refractivity contribution in [2.45, 2.75) is 18.4 Å². The van der Waals surface area contributed by atoms with Crippen molar-refractivity contribution in [3.63, 3.8) is 0 Å². The number of ether oxygens (including phenoxy) is 1. The van der Waals surface area contributed by atoms with E-state index in [1.807, 2.05) is 0 Å². The monoisotopic (exact) mass is 295 g/mol. The van der Waals surface area contributed by atoms with Crippen LogP contribution in [0.3, 0.4) is 0 Å². The highest BCUT2D eigenvalue weighted by Crippen LogP contribution is 2.32. The van der Waals surface area contributed by atoms with E-state index < -0.39 is 5.54 Å². The molecular formula is C11H10ClN5OS. The standard InChI is InChI=1S/C11H10ClN5OS/c12-9-14-5-7-8(16-9)17(10(19)15-7)11(6-13)1-3-18-4-2-11/h5H,1-4H2,(H,15,19). The van der Waals surface area contributed by atoms with Crippen LogP contribution >= 0.6 is 23.8 Å². The smallest absolute Gasteiger partial charge is 0.224 e. The summed E-state index contributed by atoms with van der Waals surface area (Å²) in [5.41, 5.74) is 0.509. The van der Waals surface area contributed by atoms with Crippen LogP contribution in [0.15, 0.2) is 6.20 Å². The number of nitrogens with one attached hydrogen (secondary N) is 1. The van der Waals surface area contributed by atoms with E-state index in [0.717, 1.165) is 0 Å². The summed E-state index contributed by atoms with van der Waals surface area (Å²) in [5, 5.41) is 9.74. The summed E-state index contributed by atoms with van der Waals surface area (Å²) in [7, 11) is 0. The van der Waals surface area contributed by atoms with Gasteiger partial charge in [-0.2, -0.15) is 10.2 Å². The number of hydrogen-bond acceptors (Lipinski definition) is 5. The Morgan fingerprint density at radius 1 is 1.53 bits per heavy atom. The predicted molar refractivity (Wildman–Crippen MR) is 71.4 cm³/mol. The van der Waals surface area contributed by atoms with Gasteiger partial charge in [0, 0.05) is 26.1 Å². The number of halogens is 1. The molecule has 8 heteroatoms. The van der Waals surface area contributed by atoms with E-state index in [0.29, 0.717) is 42.0 Å². The van der Waals surface area contributed by atoms with Crippen LogP contribution in [0.5, 0.6) is 0 Å². The van der Waals surface area contributed by atoms with Crippen molar-refractivity contribution in [1.29, 1.82) is 5.26 Å². The van der Waals surface area contributed by atoms with E-state index in [1.54, 1.807) is 10.8 Å². The van der Waals surface area contributed by atoms with Crippen LogP contribution in [0.25, 0.3) is 11.2 Å². The Balaban J connectivity index is 2.29. The second-order valence-corrected chi connectivity index (χ2v) is 5.12. The summed E-state index contributed by atoms with van der Waals surface area (Å²) in [5.74, 6) is 0. The summed E-state index contributed by atoms with van der Waals surface area (Å²) in [4.78, 5) is 11.1. The molecule has 1 fully saturated rings. The van der Waals surface area contributed by atoms with Crippen LogP contribution in [-0.4, -0.2) is 32.7 Å². The molecule has 0 unspecified atom stereocenters. The van der Waals surface area contributed by atoms with Crippen molar-refractivity contribution in [2.24, 2.45) is 0 Å². The Kier molecular flexibility index (Phi) is 3.01. The van der Waals surface area contributed by atoms with Gasteiger partial charge in [0.1, 0.15) is 11.1 Å². The second kappa shape index (κ2) is 4.56. The maximum atomic E-state index is 9.60. The van der Waals surface area contributed by atoms with Crippen molar-refractivity contribution < 1.29 is 4.74 Å². The molecule has 1 saturated heterocycles. The Labute approximate surface area is 119 Å². The lowest BCUT2D eigenvalue weighted by Crippen LogP contribution is -2.38. The number of aromatic nitrogens is 4. The van der Waals surface area contributed by atoms with Gasteiger partial charge < -0.3 is 9.72 Å². The maximum absolute atomic E-state index is 9.60. The summed E-state index contributed by atoms with van der Waals surface area (Å²) in [6.07, 6.45) is 2.72. The molecule has 6 nitrogen and oxygen atoms in total. The van der Waals surface area contributed by atoms with Gasteiger partial charge >= 0.3 is 0 Å². The van der Waals surface area contributed by atoms with Gasteiger partial charge in [0.15, 0.2) is 10.4 Å². The number of H-pyrrole nitrogens is 1.